The number of amides is 1. The van der Waals surface area contributed by atoms with Gasteiger partial charge in [-0.3, -0.25) is 4.79 Å². The van der Waals surface area contributed by atoms with Gasteiger partial charge in [0.05, 0.1) is 15.6 Å². The number of aryl methyl sites for hydroxylation is 1. The fraction of sp³-hybridized carbons (Fsp3) is 0.217. The third-order valence-corrected chi connectivity index (χ3v) is 6.21. The molecule has 0 spiro atoms. The second kappa shape index (κ2) is 8.76. The summed E-state index contributed by atoms with van der Waals surface area (Å²) in [5.41, 5.74) is 1.99. The van der Waals surface area contributed by atoms with E-state index in [2.05, 4.69) is 15.7 Å². The number of fused-ring (bicyclic) bond motifs is 1. The smallest absolute Gasteiger partial charge is 0.348 e. The first kappa shape index (κ1) is 23.2. The average Bonchev–Trinajstić information content (AvgIpc) is 3.18. The zero-order chi connectivity index (χ0) is 23.9. The first-order valence-corrected chi connectivity index (χ1v) is 10.7. The van der Waals surface area contributed by atoms with Gasteiger partial charge < -0.3 is 10.6 Å². The zero-order valence-corrected chi connectivity index (χ0v) is 19.1. The first-order chi connectivity index (χ1) is 15.6. The van der Waals surface area contributed by atoms with Gasteiger partial charge in [0, 0.05) is 18.3 Å². The molecule has 172 valence electrons. The van der Waals surface area contributed by atoms with Crippen molar-refractivity contribution in [2.75, 3.05) is 5.32 Å². The van der Waals surface area contributed by atoms with Gasteiger partial charge in [0.2, 0.25) is 0 Å². The summed E-state index contributed by atoms with van der Waals surface area (Å²) in [6.07, 6.45) is -4.64. The predicted octanol–water partition coefficient (Wildman–Crippen LogP) is 6.12. The molecule has 2 heterocycles. The number of aromatic nitrogens is 2. The second-order valence-corrected chi connectivity index (χ2v) is 8.52. The number of nitrogens with zero attached hydrogens (tertiary/aromatic N) is 2. The largest absolute Gasteiger partial charge is 0.435 e. The predicted molar refractivity (Wildman–Crippen MR) is 121 cm³/mol. The van der Waals surface area contributed by atoms with Crippen molar-refractivity contribution >= 4 is 34.9 Å². The van der Waals surface area contributed by atoms with Crippen LogP contribution in [-0.4, -0.2) is 15.7 Å². The minimum Gasteiger partial charge on any atom is -0.348 e. The van der Waals surface area contributed by atoms with Crippen molar-refractivity contribution in [2.24, 2.45) is 0 Å². The summed E-state index contributed by atoms with van der Waals surface area (Å²) >= 11 is 12.2. The molecule has 1 aliphatic heterocycles. The van der Waals surface area contributed by atoms with E-state index in [1.54, 1.807) is 13.0 Å². The Balaban J connectivity index is 1.76. The Hall–Kier alpha value is -2.97. The quantitative estimate of drug-likeness (QED) is 0.459. The number of rotatable bonds is 4. The third-order valence-electron chi connectivity index (χ3n) is 5.47. The van der Waals surface area contributed by atoms with Crippen LogP contribution in [0.2, 0.25) is 10.0 Å². The van der Waals surface area contributed by atoms with Crippen LogP contribution in [0.5, 0.6) is 0 Å². The van der Waals surface area contributed by atoms with E-state index in [4.69, 9.17) is 23.2 Å². The average molecular weight is 495 g/mol. The number of nitrogens with one attached hydrogen (secondary N) is 2. The minimum absolute atomic E-state index is 0.117. The van der Waals surface area contributed by atoms with E-state index in [1.807, 2.05) is 31.2 Å². The SMILES string of the molecule is CC1=C(C(=O)NCc2ccccc2C)C(c2ccc(Cl)c(Cl)c2)n2nc(C(F)(F)F)cc2N1. The monoisotopic (exact) mass is 494 g/mol. The summed E-state index contributed by atoms with van der Waals surface area (Å²) in [4.78, 5) is 13.3. The van der Waals surface area contributed by atoms with E-state index in [0.29, 0.717) is 11.3 Å². The molecular weight excluding hydrogens is 476 g/mol. The van der Waals surface area contributed by atoms with Crippen LogP contribution in [0.15, 0.2) is 59.8 Å². The Morgan fingerprint density at radius 3 is 2.52 bits per heavy atom. The van der Waals surface area contributed by atoms with Crippen molar-refractivity contribution in [3.8, 4) is 0 Å². The second-order valence-electron chi connectivity index (χ2n) is 7.71. The molecule has 1 atom stereocenters. The molecule has 10 heteroatoms. The molecule has 1 unspecified atom stereocenters. The maximum Gasteiger partial charge on any atom is 0.435 e. The summed E-state index contributed by atoms with van der Waals surface area (Å²) in [5, 5.41) is 10.0. The molecule has 1 aromatic heterocycles. The number of benzene rings is 2. The van der Waals surface area contributed by atoms with E-state index >= 15 is 0 Å². The lowest BCUT2D eigenvalue weighted by Gasteiger charge is -2.30. The van der Waals surface area contributed by atoms with Crippen molar-refractivity contribution in [2.45, 2.75) is 32.6 Å². The van der Waals surface area contributed by atoms with Crippen LogP contribution in [0.3, 0.4) is 0 Å². The molecule has 0 aliphatic carbocycles. The molecule has 3 aromatic rings. The van der Waals surface area contributed by atoms with Crippen LogP contribution in [0.25, 0.3) is 0 Å². The van der Waals surface area contributed by atoms with Gasteiger partial charge in [0.15, 0.2) is 5.69 Å². The Bertz CT molecular complexity index is 1270. The standard InChI is InChI=1S/C23H19Cl2F3N4O/c1-12-5-3-4-6-15(12)11-29-22(33)20-13(2)30-19-10-18(23(26,27)28)31-32(19)21(20)14-7-8-16(24)17(25)9-14/h3-10,21,30H,11H2,1-2H3,(H,29,33). The number of carbonyl (C=O) groups is 1. The highest BCUT2D eigenvalue weighted by Crippen LogP contribution is 2.40. The number of carbonyl (C=O) groups excluding carboxylic acids is 1. The fourth-order valence-electron chi connectivity index (χ4n) is 3.77. The van der Waals surface area contributed by atoms with Crippen LogP contribution in [0.4, 0.5) is 19.0 Å². The maximum absolute atomic E-state index is 13.4. The lowest BCUT2D eigenvalue weighted by molar-refractivity contribution is -0.141. The van der Waals surface area contributed by atoms with Crippen molar-refractivity contribution in [3.63, 3.8) is 0 Å². The highest BCUT2D eigenvalue weighted by atomic mass is 35.5. The first-order valence-electron chi connectivity index (χ1n) is 9.98. The number of anilines is 1. The summed E-state index contributed by atoms with van der Waals surface area (Å²) < 4.78 is 41.3. The molecule has 1 aliphatic rings. The lowest BCUT2D eigenvalue weighted by atomic mass is 9.94. The molecule has 0 radical (unpaired) electrons. The van der Waals surface area contributed by atoms with Gasteiger partial charge in [0.1, 0.15) is 11.9 Å². The van der Waals surface area contributed by atoms with Crippen molar-refractivity contribution < 1.29 is 18.0 Å². The summed E-state index contributed by atoms with van der Waals surface area (Å²) in [6, 6.07) is 12.2. The van der Waals surface area contributed by atoms with Gasteiger partial charge in [-0.1, -0.05) is 53.5 Å². The van der Waals surface area contributed by atoms with Crippen LogP contribution >= 0.6 is 23.2 Å². The van der Waals surface area contributed by atoms with E-state index < -0.39 is 23.8 Å². The Kier molecular flexibility index (Phi) is 6.16. The van der Waals surface area contributed by atoms with E-state index in [1.165, 1.54) is 12.1 Å². The van der Waals surface area contributed by atoms with E-state index in [9.17, 15) is 18.0 Å². The highest BCUT2D eigenvalue weighted by Gasteiger charge is 2.39. The number of alkyl halides is 3. The summed E-state index contributed by atoms with van der Waals surface area (Å²) in [6.45, 7) is 3.83. The topological polar surface area (TPSA) is 59.0 Å². The number of hydrogen-bond acceptors (Lipinski definition) is 3. The molecule has 4 rings (SSSR count). The molecule has 0 saturated carbocycles. The Morgan fingerprint density at radius 2 is 1.85 bits per heavy atom. The fourth-order valence-corrected chi connectivity index (χ4v) is 4.08. The highest BCUT2D eigenvalue weighted by molar-refractivity contribution is 6.42. The molecule has 2 N–H and O–H groups in total. The summed E-state index contributed by atoms with van der Waals surface area (Å²) in [5.74, 6) is -0.319. The molecule has 1 amide bonds. The minimum atomic E-state index is -4.64. The molecule has 5 nitrogen and oxygen atoms in total. The number of halogens is 5. The van der Waals surface area contributed by atoms with Gasteiger partial charge in [-0.2, -0.15) is 18.3 Å². The Morgan fingerprint density at radius 1 is 1.12 bits per heavy atom. The molecular formula is C23H19Cl2F3N4O. The lowest BCUT2D eigenvalue weighted by Crippen LogP contribution is -2.35. The van der Waals surface area contributed by atoms with Crippen LogP contribution < -0.4 is 10.6 Å². The molecule has 33 heavy (non-hydrogen) atoms. The number of hydrogen-bond donors (Lipinski definition) is 2. The van der Waals surface area contributed by atoms with Gasteiger partial charge in [-0.15, -0.1) is 0 Å². The van der Waals surface area contributed by atoms with Gasteiger partial charge >= 0.3 is 6.18 Å². The number of allylic oxidation sites excluding steroid dienone is 1. The molecule has 0 fully saturated rings. The zero-order valence-electron chi connectivity index (χ0n) is 17.6. The summed E-state index contributed by atoms with van der Waals surface area (Å²) in [7, 11) is 0. The van der Waals surface area contributed by atoms with Crippen LogP contribution in [0, 0.1) is 6.92 Å². The molecule has 2 aromatic carbocycles. The third kappa shape index (κ3) is 4.58. The van der Waals surface area contributed by atoms with Crippen molar-refractivity contribution in [3.05, 3.63) is 92.2 Å². The normalized spacial score (nSPS) is 15.8. The van der Waals surface area contributed by atoms with Crippen molar-refractivity contribution in [1.82, 2.24) is 15.1 Å². The van der Waals surface area contributed by atoms with Gasteiger partial charge in [-0.25, -0.2) is 4.68 Å². The van der Waals surface area contributed by atoms with E-state index in [-0.39, 0.29) is 28.0 Å². The molecule has 0 saturated heterocycles. The van der Waals surface area contributed by atoms with Crippen LogP contribution in [-0.2, 0) is 17.5 Å². The van der Waals surface area contributed by atoms with Crippen molar-refractivity contribution in [1.29, 1.82) is 0 Å². The molecule has 0 bridgehead atoms. The van der Waals surface area contributed by atoms with Crippen LogP contribution in [0.1, 0.15) is 35.3 Å². The van der Waals surface area contributed by atoms with E-state index in [0.717, 1.165) is 21.9 Å². The Labute approximate surface area is 198 Å². The van der Waals surface area contributed by atoms with Gasteiger partial charge in [-0.05, 0) is 42.7 Å². The maximum atomic E-state index is 13.4. The van der Waals surface area contributed by atoms with Gasteiger partial charge in [0.25, 0.3) is 5.91 Å².